The molecule has 4 rings (SSSR count). The molecular formula is C29H47ClN6. The number of anilines is 2. The molecule has 1 fully saturated rings. The number of piperazine rings is 1. The Bertz CT molecular complexity index is 924. The molecule has 3 heterocycles. The van der Waals surface area contributed by atoms with Crippen LogP contribution < -0.4 is 9.80 Å². The highest BCUT2D eigenvalue weighted by atomic mass is 35.5. The monoisotopic (exact) mass is 514 g/mol. The van der Waals surface area contributed by atoms with Gasteiger partial charge < -0.3 is 14.7 Å². The van der Waals surface area contributed by atoms with Crippen molar-refractivity contribution in [1.82, 2.24) is 19.8 Å². The summed E-state index contributed by atoms with van der Waals surface area (Å²) in [5.74, 6) is 1.76. The van der Waals surface area contributed by atoms with Gasteiger partial charge in [0, 0.05) is 62.1 Å². The number of hydrogen-bond donors (Lipinski definition) is 0. The lowest BCUT2D eigenvalue weighted by Gasteiger charge is -2.38. The van der Waals surface area contributed by atoms with Crippen LogP contribution in [0.1, 0.15) is 59.4 Å². The molecule has 6 nitrogen and oxygen atoms in total. The Hall–Kier alpha value is -1.89. The summed E-state index contributed by atoms with van der Waals surface area (Å²) in [5, 5.41) is 0.608. The molecular weight excluding hydrogens is 468 g/mol. The van der Waals surface area contributed by atoms with Crippen LogP contribution in [0.4, 0.5) is 11.5 Å². The molecule has 0 unspecified atom stereocenters. The molecule has 2 aliphatic rings. The number of fused-ring (bicyclic) bond motifs is 1. The number of aromatic nitrogens is 2. The van der Waals surface area contributed by atoms with E-state index < -0.39 is 0 Å². The average Bonchev–Trinajstić information content (AvgIpc) is 3.32. The van der Waals surface area contributed by atoms with E-state index >= 15 is 0 Å². The quantitative estimate of drug-likeness (QED) is 0.371. The van der Waals surface area contributed by atoms with Crippen LogP contribution in [0.15, 0.2) is 24.3 Å². The van der Waals surface area contributed by atoms with E-state index in [4.69, 9.17) is 16.6 Å². The minimum atomic E-state index is 0.608. The second-order valence-corrected chi connectivity index (χ2v) is 10.4. The molecule has 0 atom stereocenters. The fourth-order valence-corrected chi connectivity index (χ4v) is 5.27. The van der Waals surface area contributed by atoms with Gasteiger partial charge in [0.1, 0.15) is 11.0 Å². The van der Waals surface area contributed by atoms with Crippen LogP contribution in [0.2, 0.25) is 5.15 Å². The van der Waals surface area contributed by atoms with Crippen molar-refractivity contribution in [3.05, 3.63) is 35.0 Å². The molecule has 0 amide bonds. The van der Waals surface area contributed by atoms with Gasteiger partial charge in [0.15, 0.2) is 5.82 Å². The first-order chi connectivity index (χ1) is 17.5. The van der Waals surface area contributed by atoms with E-state index in [1.807, 2.05) is 13.8 Å². The van der Waals surface area contributed by atoms with E-state index in [0.717, 1.165) is 81.4 Å². The van der Waals surface area contributed by atoms with E-state index in [1.54, 1.807) is 0 Å². The van der Waals surface area contributed by atoms with Crippen molar-refractivity contribution < 1.29 is 0 Å². The zero-order chi connectivity index (χ0) is 26.1. The second kappa shape index (κ2) is 14.2. The lowest BCUT2D eigenvalue weighted by atomic mass is 10.1. The van der Waals surface area contributed by atoms with Gasteiger partial charge in [0.05, 0.1) is 0 Å². The Kier molecular flexibility index (Phi) is 11.3. The molecule has 0 bridgehead atoms. The summed E-state index contributed by atoms with van der Waals surface area (Å²) in [6, 6.07) is 9.31. The van der Waals surface area contributed by atoms with Gasteiger partial charge in [-0.15, -0.1) is 0 Å². The molecule has 1 saturated heterocycles. The summed E-state index contributed by atoms with van der Waals surface area (Å²) in [6.45, 7) is 19.5. The Labute approximate surface area is 224 Å². The molecule has 2 aliphatic heterocycles. The third kappa shape index (κ3) is 7.33. The van der Waals surface area contributed by atoms with Crippen LogP contribution in [0.25, 0.3) is 11.4 Å². The summed E-state index contributed by atoms with van der Waals surface area (Å²) < 4.78 is 0. The maximum atomic E-state index is 6.62. The first-order valence-corrected chi connectivity index (χ1v) is 14.4. The lowest BCUT2D eigenvalue weighted by Crippen LogP contribution is -2.48. The van der Waals surface area contributed by atoms with Crippen LogP contribution in [-0.2, 0) is 6.42 Å². The summed E-state index contributed by atoms with van der Waals surface area (Å²) in [5.41, 5.74) is 3.40. The second-order valence-electron chi connectivity index (χ2n) is 10.1. The van der Waals surface area contributed by atoms with Gasteiger partial charge in [0.25, 0.3) is 0 Å². The van der Waals surface area contributed by atoms with Gasteiger partial charge in [-0.2, -0.15) is 0 Å². The van der Waals surface area contributed by atoms with Crippen LogP contribution >= 0.6 is 11.6 Å². The van der Waals surface area contributed by atoms with E-state index in [9.17, 15) is 0 Å². The number of rotatable bonds is 10. The largest absolute Gasteiger partial charge is 0.369 e. The molecule has 1 aromatic heterocycles. The maximum Gasteiger partial charge on any atom is 0.163 e. The molecule has 36 heavy (non-hydrogen) atoms. The number of benzene rings is 1. The van der Waals surface area contributed by atoms with Crippen LogP contribution in [0.5, 0.6) is 0 Å². The van der Waals surface area contributed by atoms with Crippen molar-refractivity contribution in [2.75, 3.05) is 69.2 Å². The highest BCUT2D eigenvalue weighted by molar-refractivity contribution is 6.30. The average molecular weight is 515 g/mol. The van der Waals surface area contributed by atoms with E-state index in [2.05, 4.69) is 76.7 Å². The number of halogens is 1. The molecule has 0 N–H and O–H groups in total. The zero-order valence-corrected chi connectivity index (χ0v) is 24.2. The van der Waals surface area contributed by atoms with Crippen molar-refractivity contribution in [2.45, 2.75) is 66.3 Å². The van der Waals surface area contributed by atoms with Crippen molar-refractivity contribution in [1.29, 1.82) is 0 Å². The molecule has 200 valence electrons. The van der Waals surface area contributed by atoms with Gasteiger partial charge in [-0.05, 0) is 77.5 Å². The SMILES string of the molecule is CC.CCCCN(C)CCCN1CCc2c(Cl)nc(-c3ccc(N4CCN(C(C)C)CC4)cc3)nc21. The van der Waals surface area contributed by atoms with Crippen LogP contribution in [0, 0.1) is 0 Å². The van der Waals surface area contributed by atoms with Crippen molar-refractivity contribution >= 4 is 23.1 Å². The number of unbranched alkanes of at least 4 members (excludes halogenated alkanes) is 1. The smallest absolute Gasteiger partial charge is 0.163 e. The molecule has 7 heteroatoms. The van der Waals surface area contributed by atoms with Crippen molar-refractivity contribution in [3.8, 4) is 11.4 Å². The summed E-state index contributed by atoms with van der Waals surface area (Å²) in [6.07, 6.45) is 4.58. The summed E-state index contributed by atoms with van der Waals surface area (Å²) >= 11 is 6.62. The maximum absolute atomic E-state index is 6.62. The van der Waals surface area contributed by atoms with Crippen LogP contribution in [0.3, 0.4) is 0 Å². The molecule has 0 saturated carbocycles. The standard InChI is InChI=1S/C27H41ClN6.C2H6/c1-5-6-13-31(4)14-7-15-34-16-12-24-25(28)29-26(30-27(24)34)22-8-10-23(11-9-22)33-19-17-32(18-20-33)21(2)3;1-2/h8-11,21H,5-7,12-20H2,1-4H3;1-2H3. The fourth-order valence-electron chi connectivity index (χ4n) is 5.01. The van der Waals surface area contributed by atoms with Crippen LogP contribution in [-0.4, -0.2) is 85.2 Å². The van der Waals surface area contributed by atoms with Gasteiger partial charge in [-0.1, -0.05) is 38.8 Å². The first kappa shape index (κ1) is 28.7. The lowest BCUT2D eigenvalue weighted by molar-refractivity contribution is 0.209. The highest BCUT2D eigenvalue weighted by Gasteiger charge is 2.25. The third-order valence-corrected chi connectivity index (χ3v) is 7.58. The Morgan fingerprint density at radius 1 is 0.944 bits per heavy atom. The van der Waals surface area contributed by atoms with Gasteiger partial charge >= 0.3 is 0 Å². The molecule has 1 aromatic carbocycles. The van der Waals surface area contributed by atoms with Gasteiger partial charge in [0.2, 0.25) is 0 Å². The van der Waals surface area contributed by atoms with E-state index in [1.165, 1.54) is 25.1 Å². The topological polar surface area (TPSA) is 38.7 Å². The summed E-state index contributed by atoms with van der Waals surface area (Å²) in [7, 11) is 2.22. The zero-order valence-electron chi connectivity index (χ0n) is 23.4. The first-order valence-electron chi connectivity index (χ1n) is 14.1. The predicted molar refractivity (Wildman–Crippen MR) is 156 cm³/mol. The molecule has 0 aliphatic carbocycles. The Morgan fingerprint density at radius 2 is 1.61 bits per heavy atom. The van der Waals surface area contributed by atoms with E-state index in [0.29, 0.717) is 11.2 Å². The van der Waals surface area contributed by atoms with Crippen molar-refractivity contribution in [3.63, 3.8) is 0 Å². The highest BCUT2D eigenvalue weighted by Crippen LogP contribution is 2.33. The summed E-state index contributed by atoms with van der Waals surface area (Å²) in [4.78, 5) is 19.5. The van der Waals surface area contributed by atoms with E-state index in [-0.39, 0.29) is 0 Å². The minimum absolute atomic E-state index is 0.608. The van der Waals surface area contributed by atoms with Crippen molar-refractivity contribution in [2.24, 2.45) is 0 Å². The minimum Gasteiger partial charge on any atom is -0.369 e. The molecule has 0 radical (unpaired) electrons. The Balaban J connectivity index is 0.00000176. The Morgan fingerprint density at radius 3 is 2.25 bits per heavy atom. The number of hydrogen-bond acceptors (Lipinski definition) is 6. The number of nitrogens with zero attached hydrogens (tertiary/aromatic N) is 6. The predicted octanol–water partition coefficient (Wildman–Crippen LogP) is 5.84. The molecule has 0 spiro atoms. The van der Waals surface area contributed by atoms with Gasteiger partial charge in [-0.25, -0.2) is 9.97 Å². The fraction of sp³-hybridized carbons (Fsp3) is 0.655. The van der Waals surface area contributed by atoms with Gasteiger partial charge in [-0.3, -0.25) is 4.90 Å². The normalized spacial score (nSPS) is 15.9. The molecule has 2 aromatic rings. The third-order valence-electron chi connectivity index (χ3n) is 7.26.